The fourth-order valence-corrected chi connectivity index (χ4v) is 1.60. The zero-order valence-corrected chi connectivity index (χ0v) is 11.2. The van der Waals surface area contributed by atoms with Crippen LogP contribution in [-0.2, 0) is 9.53 Å². The molecule has 1 aromatic rings. The van der Waals surface area contributed by atoms with Gasteiger partial charge < -0.3 is 9.64 Å². The van der Waals surface area contributed by atoms with Crippen molar-refractivity contribution in [1.82, 2.24) is 4.98 Å². The lowest BCUT2D eigenvalue weighted by molar-refractivity contribution is -0.384. The van der Waals surface area contributed by atoms with Gasteiger partial charge in [0.15, 0.2) is 0 Å². The lowest BCUT2D eigenvalue weighted by atomic mass is 10.2. The molecule has 0 saturated heterocycles. The third kappa shape index (κ3) is 3.91. The molecule has 8 heteroatoms. The van der Waals surface area contributed by atoms with E-state index in [1.807, 2.05) is 6.07 Å². The molecule has 0 N–H and O–H groups in total. The van der Waals surface area contributed by atoms with Gasteiger partial charge in [-0.15, -0.1) is 0 Å². The topological polar surface area (TPSA) is 109 Å². The molecule has 0 aliphatic heterocycles. The van der Waals surface area contributed by atoms with Crippen molar-refractivity contribution in [3.05, 3.63) is 27.9 Å². The first-order valence-corrected chi connectivity index (χ1v) is 5.82. The largest absolute Gasteiger partial charge is 0.469 e. The molecule has 106 valence electrons. The number of carbonyl (C=O) groups excluding carboxylic acids is 1. The highest BCUT2D eigenvalue weighted by Crippen LogP contribution is 2.25. The molecule has 0 unspecified atom stereocenters. The second-order valence-electron chi connectivity index (χ2n) is 4.04. The highest BCUT2D eigenvalue weighted by molar-refractivity contribution is 5.69. The molecule has 0 spiro atoms. The van der Waals surface area contributed by atoms with Gasteiger partial charge in [0.2, 0.25) is 5.82 Å². The molecule has 0 fully saturated rings. The van der Waals surface area contributed by atoms with Gasteiger partial charge in [-0.25, -0.2) is 4.98 Å². The number of rotatable bonds is 6. The fraction of sp³-hybridized carbons (Fsp3) is 0.417. The van der Waals surface area contributed by atoms with E-state index in [9.17, 15) is 14.9 Å². The normalized spacial score (nSPS) is 9.65. The van der Waals surface area contributed by atoms with Crippen LogP contribution in [0.15, 0.2) is 12.3 Å². The monoisotopic (exact) mass is 278 g/mol. The molecule has 1 heterocycles. The number of nitro groups is 1. The van der Waals surface area contributed by atoms with Crippen LogP contribution in [0.2, 0.25) is 0 Å². The van der Waals surface area contributed by atoms with Crippen LogP contribution in [0, 0.1) is 21.4 Å². The highest BCUT2D eigenvalue weighted by atomic mass is 16.6. The van der Waals surface area contributed by atoms with Gasteiger partial charge in [0.25, 0.3) is 0 Å². The number of anilines is 1. The van der Waals surface area contributed by atoms with Gasteiger partial charge in [0.1, 0.15) is 6.07 Å². The molecule has 0 saturated carbocycles. The Labute approximate surface area is 115 Å². The molecule has 20 heavy (non-hydrogen) atoms. The Balaban J connectivity index is 2.82. The standard InChI is InChI=1S/C12H14N4O4/c1-15(5-3-4-11(17)20-2)12-10(16(18)19)6-9(7-13)8-14-12/h6,8H,3-5H2,1-2H3. The van der Waals surface area contributed by atoms with Crippen molar-refractivity contribution in [1.29, 1.82) is 5.26 Å². The van der Waals surface area contributed by atoms with Crippen molar-refractivity contribution in [2.75, 3.05) is 25.6 Å². The van der Waals surface area contributed by atoms with E-state index in [4.69, 9.17) is 5.26 Å². The summed E-state index contributed by atoms with van der Waals surface area (Å²) in [5.74, 6) is -0.167. The summed E-state index contributed by atoms with van der Waals surface area (Å²) in [6.45, 7) is 0.412. The van der Waals surface area contributed by atoms with Crippen LogP contribution in [-0.4, -0.2) is 36.6 Å². The van der Waals surface area contributed by atoms with Crippen molar-refractivity contribution >= 4 is 17.5 Å². The van der Waals surface area contributed by atoms with Crippen LogP contribution in [0.25, 0.3) is 0 Å². The van der Waals surface area contributed by atoms with E-state index in [1.165, 1.54) is 19.4 Å². The van der Waals surface area contributed by atoms with Crippen LogP contribution in [0.5, 0.6) is 0 Å². The number of nitrogens with zero attached hydrogens (tertiary/aromatic N) is 4. The van der Waals surface area contributed by atoms with Crippen molar-refractivity contribution in [3.8, 4) is 6.07 Å². The Kier molecular flexibility index (Phi) is 5.41. The van der Waals surface area contributed by atoms with Crippen molar-refractivity contribution < 1.29 is 14.5 Å². The SMILES string of the molecule is COC(=O)CCCN(C)c1ncc(C#N)cc1[N+](=O)[O-]. The number of aromatic nitrogens is 1. The molecule has 0 aromatic carbocycles. The molecule has 0 radical (unpaired) electrons. The summed E-state index contributed by atoms with van der Waals surface area (Å²) in [7, 11) is 2.94. The molecule has 1 aromatic heterocycles. The number of nitriles is 1. The van der Waals surface area contributed by atoms with E-state index in [1.54, 1.807) is 11.9 Å². The van der Waals surface area contributed by atoms with Crippen LogP contribution >= 0.6 is 0 Å². The predicted octanol–water partition coefficient (Wildman–Crippen LogP) is 1.25. The molecular weight excluding hydrogens is 264 g/mol. The van der Waals surface area contributed by atoms with Crippen LogP contribution in [0.3, 0.4) is 0 Å². The molecule has 0 aliphatic rings. The third-order valence-corrected chi connectivity index (χ3v) is 2.64. The summed E-state index contributed by atoms with van der Waals surface area (Å²) in [4.78, 5) is 26.9. The predicted molar refractivity (Wildman–Crippen MR) is 70.1 cm³/mol. The second kappa shape index (κ2) is 7.04. The summed E-state index contributed by atoms with van der Waals surface area (Å²) in [6.07, 6.45) is 1.99. The quantitative estimate of drug-likeness (QED) is 0.437. The van der Waals surface area contributed by atoms with E-state index in [-0.39, 0.29) is 29.5 Å². The third-order valence-electron chi connectivity index (χ3n) is 2.64. The van der Waals surface area contributed by atoms with Gasteiger partial charge >= 0.3 is 11.7 Å². The molecule has 0 bridgehead atoms. The van der Waals surface area contributed by atoms with Crippen LogP contribution in [0.4, 0.5) is 11.5 Å². The number of methoxy groups -OCH3 is 1. The van der Waals surface area contributed by atoms with Crippen LogP contribution in [0.1, 0.15) is 18.4 Å². The Morgan fingerprint density at radius 2 is 2.35 bits per heavy atom. The molecule has 0 atom stereocenters. The zero-order chi connectivity index (χ0) is 15.1. The Hall–Kier alpha value is -2.69. The summed E-state index contributed by atoms with van der Waals surface area (Å²) < 4.78 is 4.51. The first kappa shape index (κ1) is 15.4. The minimum atomic E-state index is -0.583. The average molecular weight is 278 g/mol. The minimum absolute atomic E-state index is 0.128. The molecular formula is C12H14N4O4. The van der Waals surface area contributed by atoms with Gasteiger partial charge in [0, 0.05) is 32.3 Å². The average Bonchev–Trinajstić information content (AvgIpc) is 2.45. The molecule has 8 nitrogen and oxygen atoms in total. The summed E-state index contributed by atoms with van der Waals surface area (Å²) in [5.41, 5.74) is -0.104. The number of carbonyl (C=O) groups is 1. The molecule has 0 aliphatic carbocycles. The number of hydrogen-bond acceptors (Lipinski definition) is 7. The zero-order valence-electron chi connectivity index (χ0n) is 11.2. The van der Waals surface area contributed by atoms with E-state index in [0.717, 1.165) is 0 Å². The number of hydrogen-bond donors (Lipinski definition) is 0. The second-order valence-corrected chi connectivity index (χ2v) is 4.04. The van der Waals surface area contributed by atoms with E-state index >= 15 is 0 Å². The lowest BCUT2D eigenvalue weighted by Crippen LogP contribution is -2.21. The number of ether oxygens (including phenoxy) is 1. The number of pyridine rings is 1. The number of esters is 1. The smallest absolute Gasteiger partial charge is 0.312 e. The van der Waals surface area contributed by atoms with Crippen molar-refractivity contribution in [3.63, 3.8) is 0 Å². The van der Waals surface area contributed by atoms with Gasteiger partial charge in [0.05, 0.1) is 17.6 Å². The molecule has 0 amide bonds. The fourth-order valence-electron chi connectivity index (χ4n) is 1.60. The summed E-state index contributed by atoms with van der Waals surface area (Å²) in [5, 5.41) is 19.7. The highest BCUT2D eigenvalue weighted by Gasteiger charge is 2.19. The lowest BCUT2D eigenvalue weighted by Gasteiger charge is -2.17. The van der Waals surface area contributed by atoms with Gasteiger partial charge in [-0.05, 0) is 6.42 Å². The van der Waals surface area contributed by atoms with Crippen molar-refractivity contribution in [2.24, 2.45) is 0 Å². The first-order valence-electron chi connectivity index (χ1n) is 5.82. The summed E-state index contributed by atoms with van der Waals surface area (Å²) >= 11 is 0. The maximum atomic E-state index is 11.0. The Morgan fingerprint density at radius 3 is 2.90 bits per heavy atom. The minimum Gasteiger partial charge on any atom is -0.469 e. The molecule has 1 rings (SSSR count). The van der Waals surface area contributed by atoms with E-state index in [2.05, 4.69) is 9.72 Å². The maximum Gasteiger partial charge on any atom is 0.312 e. The first-order chi connectivity index (χ1) is 9.49. The summed E-state index contributed by atoms with van der Waals surface area (Å²) in [6, 6.07) is 2.99. The van der Waals surface area contributed by atoms with Gasteiger partial charge in [-0.1, -0.05) is 0 Å². The van der Waals surface area contributed by atoms with E-state index < -0.39 is 4.92 Å². The van der Waals surface area contributed by atoms with E-state index in [0.29, 0.717) is 13.0 Å². The van der Waals surface area contributed by atoms with Gasteiger partial charge in [-0.3, -0.25) is 14.9 Å². The van der Waals surface area contributed by atoms with Crippen LogP contribution < -0.4 is 4.90 Å². The van der Waals surface area contributed by atoms with Gasteiger partial charge in [-0.2, -0.15) is 5.26 Å². The Morgan fingerprint density at radius 1 is 1.65 bits per heavy atom. The van der Waals surface area contributed by atoms with Crippen molar-refractivity contribution in [2.45, 2.75) is 12.8 Å². The Bertz CT molecular complexity index is 553. The maximum absolute atomic E-state index is 11.0.